The molecule has 4 atom stereocenters. The van der Waals surface area contributed by atoms with Gasteiger partial charge in [-0.15, -0.1) is 0 Å². The molecule has 2 aliphatic rings. The molecule has 2 aromatic carbocycles. The Balaban J connectivity index is 1.40. The summed E-state index contributed by atoms with van der Waals surface area (Å²) in [5.41, 5.74) is 1.82. The van der Waals surface area contributed by atoms with E-state index in [2.05, 4.69) is 4.98 Å². The zero-order valence-corrected chi connectivity index (χ0v) is 23.1. The molecule has 1 aromatic heterocycles. The van der Waals surface area contributed by atoms with Gasteiger partial charge in [-0.3, -0.25) is 4.79 Å². The van der Waals surface area contributed by atoms with Crippen molar-refractivity contribution < 1.29 is 17.8 Å². The molecule has 2 aliphatic heterocycles. The topological polar surface area (TPSA) is 80.5 Å². The average Bonchev–Trinajstić information content (AvgIpc) is 3.38. The number of hydrogen-bond donors (Lipinski definition) is 0. The number of anilines is 1. The number of carbonyl (C=O) groups is 1. The van der Waals surface area contributed by atoms with E-state index in [9.17, 15) is 17.8 Å². The number of nitrogens with zero attached hydrogens (tertiary/aromatic N) is 5. The first-order chi connectivity index (χ1) is 19.4. The van der Waals surface area contributed by atoms with E-state index in [-0.39, 0.29) is 11.9 Å². The molecule has 2 fully saturated rings. The van der Waals surface area contributed by atoms with Gasteiger partial charge in [0.25, 0.3) is 0 Å². The minimum atomic E-state index is -1.24. The van der Waals surface area contributed by atoms with Crippen molar-refractivity contribution in [2.24, 2.45) is 5.92 Å². The van der Waals surface area contributed by atoms with Gasteiger partial charge in [0.2, 0.25) is 5.91 Å². The van der Waals surface area contributed by atoms with Crippen molar-refractivity contribution in [3.63, 3.8) is 0 Å². The lowest BCUT2D eigenvalue weighted by Gasteiger charge is -2.36. The van der Waals surface area contributed by atoms with Crippen LogP contribution in [-0.4, -0.2) is 63.3 Å². The van der Waals surface area contributed by atoms with E-state index in [1.54, 1.807) is 23.3 Å². The number of nitriles is 1. The standard InChI is InChI=1S/C30H31F2N5O2S/c1-40(39)37-15-14-35(13-5-8-28(37)22-6-3-2-4-7-22)30(38)26-20-36(29-12-9-21(17-33)18-34-29)19-25(26)24-11-10-23(31)16-27(24)32/h2-4,6-7,9-12,16,18,25-26,28H,5,8,13-15,19-20H2,1H3/t25-,26+,28?,40?/m0/s1. The molecule has 208 valence electrons. The van der Waals surface area contributed by atoms with E-state index in [1.165, 1.54) is 18.3 Å². The second-order valence-electron chi connectivity index (χ2n) is 10.3. The maximum Gasteiger partial charge on any atom is 0.228 e. The fraction of sp³-hybridized carbons (Fsp3) is 0.367. The molecule has 0 bridgehead atoms. The summed E-state index contributed by atoms with van der Waals surface area (Å²) in [7, 11) is -1.24. The van der Waals surface area contributed by atoms with Crippen LogP contribution in [0, 0.1) is 28.9 Å². The zero-order valence-electron chi connectivity index (χ0n) is 22.2. The van der Waals surface area contributed by atoms with E-state index in [0.717, 1.165) is 24.5 Å². The smallest absolute Gasteiger partial charge is 0.228 e. The molecule has 1 amide bonds. The van der Waals surface area contributed by atoms with Crippen molar-refractivity contribution >= 4 is 22.7 Å². The Labute approximate surface area is 235 Å². The molecule has 0 spiro atoms. The molecule has 2 unspecified atom stereocenters. The number of halogens is 2. The lowest BCUT2D eigenvalue weighted by atomic mass is 9.87. The second kappa shape index (κ2) is 12.2. The summed E-state index contributed by atoms with van der Waals surface area (Å²) in [6, 6.07) is 18.9. The number of benzene rings is 2. The Bertz CT molecular complexity index is 1420. The third-order valence-corrected chi connectivity index (χ3v) is 8.97. The van der Waals surface area contributed by atoms with E-state index in [0.29, 0.717) is 49.7 Å². The summed E-state index contributed by atoms with van der Waals surface area (Å²) in [5.74, 6) is -1.95. The molecular formula is C30H31F2N5O2S. The second-order valence-corrected chi connectivity index (χ2v) is 11.6. The Kier molecular flexibility index (Phi) is 8.52. The van der Waals surface area contributed by atoms with Crippen LogP contribution in [0.3, 0.4) is 0 Å². The van der Waals surface area contributed by atoms with E-state index < -0.39 is 34.5 Å². The van der Waals surface area contributed by atoms with Crippen molar-refractivity contribution in [3.8, 4) is 6.07 Å². The lowest BCUT2D eigenvalue weighted by molar-refractivity contribution is -0.135. The maximum absolute atomic E-state index is 15.0. The fourth-order valence-electron chi connectivity index (χ4n) is 5.87. The van der Waals surface area contributed by atoms with Gasteiger partial charge >= 0.3 is 0 Å². The monoisotopic (exact) mass is 563 g/mol. The first-order valence-electron chi connectivity index (χ1n) is 13.4. The van der Waals surface area contributed by atoms with Gasteiger partial charge in [-0.1, -0.05) is 36.4 Å². The van der Waals surface area contributed by atoms with E-state index in [1.807, 2.05) is 45.6 Å². The van der Waals surface area contributed by atoms with Crippen LogP contribution in [-0.2, 0) is 15.8 Å². The van der Waals surface area contributed by atoms with Crippen LogP contribution >= 0.6 is 0 Å². The van der Waals surface area contributed by atoms with Gasteiger partial charge in [0.15, 0.2) is 0 Å². The highest BCUT2D eigenvalue weighted by Crippen LogP contribution is 2.38. The maximum atomic E-state index is 15.0. The van der Waals surface area contributed by atoms with E-state index in [4.69, 9.17) is 5.26 Å². The Morgan fingerprint density at radius 3 is 2.52 bits per heavy atom. The van der Waals surface area contributed by atoms with Crippen molar-refractivity contribution in [1.29, 1.82) is 5.26 Å². The molecule has 0 saturated carbocycles. The largest absolute Gasteiger partial charge is 0.355 e. The lowest BCUT2D eigenvalue weighted by Crippen LogP contribution is -2.46. The minimum absolute atomic E-state index is 0.00484. The first-order valence-corrected chi connectivity index (χ1v) is 14.9. The van der Waals surface area contributed by atoms with Crippen LogP contribution in [0.15, 0.2) is 66.9 Å². The highest BCUT2D eigenvalue weighted by atomic mass is 32.2. The average molecular weight is 564 g/mol. The summed E-state index contributed by atoms with van der Waals surface area (Å²) < 4.78 is 43.4. The van der Waals surface area contributed by atoms with Crippen LogP contribution in [0.1, 0.15) is 41.5 Å². The molecule has 7 nitrogen and oxygen atoms in total. The van der Waals surface area contributed by atoms with Crippen LogP contribution in [0.5, 0.6) is 0 Å². The summed E-state index contributed by atoms with van der Waals surface area (Å²) in [5, 5.41) is 9.12. The van der Waals surface area contributed by atoms with Crippen LogP contribution in [0.25, 0.3) is 0 Å². The summed E-state index contributed by atoms with van der Waals surface area (Å²) in [6.07, 6.45) is 4.60. The SMILES string of the molecule is CS(=O)N1CCN(C(=O)[C@@H]2CN(c3ccc(C#N)cn3)C[C@H]2c2ccc(F)cc2F)CCCC1c1ccccc1. The summed E-state index contributed by atoms with van der Waals surface area (Å²) in [4.78, 5) is 22.2. The summed E-state index contributed by atoms with van der Waals surface area (Å²) >= 11 is 0. The third kappa shape index (κ3) is 5.91. The molecule has 0 aliphatic carbocycles. The zero-order chi connectivity index (χ0) is 28.2. The molecule has 5 rings (SSSR count). The number of amides is 1. The Morgan fingerprint density at radius 1 is 1.05 bits per heavy atom. The van der Waals surface area contributed by atoms with Crippen molar-refractivity contribution in [2.75, 3.05) is 43.9 Å². The van der Waals surface area contributed by atoms with Gasteiger partial charge in [-0.2, -0.15) is 5.26 Å². The van der Waals surface area contributed by atoms with Gasteiger partial charge in [0.1, 0.15) is 23.5 Å². The van der Waals surface area contributed by atoms with Crippen LogP contribution in [0.4, 0.5) is 14.6 Å². The molecule has 40 heavy (non-hydrogen) atoms. The van der Waals surface area contributed by atoms with Crippen molar-refractivity contribution in [2.45, 2.75) is 24.8 Å². The van der Waals surface area contributed by atoms with Crippen LogP contribution < -0.4 is 4.90 Å². The molecule has 0 radical (unpaired) electrons. The number of rotatable bonds is 5. The number of hydrogen-bond acceptors (Lipinski definition) is 5. The highest BCUT2D eigenvalue weighted by Gasteiger charge is 2.42. The Morgan fingerprint density at radius 2 is 1.85 bits per heavy atom. The van der Waals surface area contributed by atoms with Gasteiger partial charge < -0.3 is 9.80 Å². The molecular weight excluding hydrogens is 532 g/mol. The van der Waals surface area contributed by atoms with Gasteiger partial charge in [-0.05, 0) is 42.2 Å². The van der Waals surface area contributed by atoms with E-state index >= 15 is 0 Å². The predicted molar refractivity (Wildman–Crippen MR) is 150 cm³/mol. The van der Waals surface area contributed by atoms with Gasteiger partial charge in [0, 0.05) is 63.2 Å². The quantitative estimate of drug-likeness (QED) is 0.460. The molecule has 10 heteroatoms. The van der Waals surface area contributed by atoms with Gasteiger partial charge in [0.05, 0.1) is 22.5 Å². The van der Waals surface area contributed by atoms with Crippen molar-refractivity contribution in [3.05, 3.63) is 95.2 Å². The number of carbonyl (C=O) groups excluding carboxylic acids is 1. The molecule has 0 N–H and O–H groups in total. The summed E-state index contributed by atoms with van der Waals surface area (Å²) in [6.45, 7) is 2.01. The number of aromatic nitrogens is 1. The fourth-order valence-corrected chi connectivity index (χ4v) is 6.80. The minimum Gasteiger partial charge on any atom is -0.355 e. The third-order valence-electron chi connectivity index (χ3n) is 7.87. The van der Waals surface area contributed by atoms with Gasteiger partial charge in [-0.25, -0.2) is 22.3 Å². The molecule has 3 heterocycles. The predicted octanol–water partition coefficient (Wildman–Crippen LogP) is 4.41. The van der Waals surface area contributed by atoms with Crippen LogP contribution in [0.2, 0.25) is 0 Å². The first kappa shape index (κ1) is 27.9. The highest BCUT2D eigenvalue weighted by molar-refractivity contribution is 7.81. The normalized spacial score (nSPS) is 22.8. The Hall–Kier alpha value is -3.68. The number of pyridine rings is 1. The van der Waals surface area contributed by atoms with Crippen molar-refractivity contribution in [1.82, 2.24) is 14.2 Å². The molecule has 2 saturated heterocycles. The molecule has 3 aromatic rings.